The molecule has 200 valence electrons. The van der Waals surface area contributed by atoms with Crippen molar-refractivity contribution >= 4 is 23.4 Å². The van der Waals surface area contributed by atoms with Crippen molar-refractivity contribution in [1.29, 1.82) is 0 Å². The van der Waals surface area contributed by atoms with E-state index >= 15 is 0 Å². The number of anilines is 2. The lowest BCUT2D eigenvalue weighted by Gasteiger charge is -2.28. The van der Waals surface area contributed by atoms with Gasteiger partial charge in [0, 0.05) is 13.0 Å². The fourth-order valence-electron chi connectivity index (χ4n) is 3.73. The average Bonchev–Trinajstić information content (AvgIpc) is 3.35. The molecule has 0 radical (unpaired) electrons. The molecule has 10 nitrogen and oxygen atoms in total. The van der Waals surface area contributed by atoms with Gasteiger partial charge in [-0.05, 0) is 37.3 Å². The highest BCUT2D eigenvalue weighted by molar-refractivity contribution is 5.91. The van der Waals surface area contributed by atoms with Gasteiger partial charge in [0.1, 0.15) is 17.7 Å². The van der Waals surface area contributed by atoms with E-state index in [-0.39, 0.29) is 36.8 Å². The van der Waals surface area contributed by atoms with Gasteiger partial charge in [-0.3, -0.25) is 9.78 Å². The predicted molar refractivity (Wildman–Crippen MR) is 125 cm³/mol. The van der Waals surface area contributed by atoms with E-state index in [0.29, 0.717) is 11.8 Å². The molecule has 0 spiro atoms. The molecule has 1 saturated heterocycles. The van der Waals surface area contributed by atoms with E-state index in [1.54, 1.807) is 6.92 Å². The van der Waals surface area contributed by atoms with Gasteiger partial charge < -0.3 is 25.4 Å². The van der Waals surface area contributed by atoms with Crippen LogP contribution in [0, 0.1) is 5.82 Å². The van der Waals surface area contributed by atoms with Gasteiger partial charge in [-0.25, -0.2) is 19.2 Å². The molecule has 0 saturated carbocycles. The zero-order valence-corrected chi connectivity index (χ0v) is 19.9. The number of benzene rings is 1. The Morgan fingerprint density at radius 3 is 2.53 bits per heavy atom. The van der Waals surface area contributed by atoms with Crippen molar-refractivity contribution in [3.05, 3.63) is 72.3 Å². The van der Waals surface area contributed by atoms with Crippen LogP contribution in [0.1, 0.15) is 30.6 Å². The third-order valence-electron chi connectivity index (χ3n) is 5.69. The summed E-state index contributed by atoms with van der Waals surface area (Å²) in [6.07, 6.45) is -0.319. The Hall–Kier alpha value is -4.33. The Labute approximate surface area is 213 Å². The molecule has 38 heavy (non-hydrogen) atoms. The lowest BCUT2D eigenvalue weighted by Crippen LogP contribution is -2.60. The Morgan fingerprint density at radius 2 is 1.89 bits per heavy atom. The maximum Gasteiger partial charge on any atom is 0.418 e. The topological polar surface area (TPSA) is 127 Å². The van der Waals surface area contributed by atoms with Crippen LogP contribution in [0.4, 0.5) is 33.7 Å². The minimum Gasteiger partial charge on any atom is -0.407 e. The number of pyridine rings is 1. The quantitative estimate of drug-likeness (QED) is 0.390. The number of nitrogens with one attached hydrogen (secondary N) is 3. The molecule has 3 heterocycles. The Morgan fingerprint density at radius 1 is 1.13 bits per heavy atom. The molecule has 1 aliphatic rings. The van der Waals surface area contributed by atoms with Gasteiger partial charge in [-0.2, -0.15) is 13.2 Å². The molecule has 2 aromatic heterocycles. The van der Waals surface area contributed by atoms with E-state index in [1.807, 2.05) is 0 Å². The lowest BCUT2D eigenvalue weighted by atomic mass is 9.97. The normalized spacial score (nSPS) is 17.9. The number of aromatic nitrogens is 3. The minimum absolute atomic E-state index is 0.0819. The van der Waals surface area contributed by atoms with Gasteiger partial charge >= 0.3 is 12.3 Å². The van der Waals surface area contributed by atoms with Crippen LogP contribution in [0.3, 0.4) is 0 Å². The standard InChI is InChI=1S/C24H22F4N6O4/c1-14(19-5-3-16(9-31-19)33-20-4-2-15(25)8-18(20)24(26,27)28)32-21(35)23(6-7-37-12-23)34-22(36)38-17-10-29-13-30-11-17/h2-5,8-11,13-14,33H,6-7,12H2,1H3,(H,32,35)(H,34,36)/t14?,23-/m0/s1. The third-order valence-corrected chi connectivity index (χ3v) is 5.69. The fraction of sp³-hybridized carbons (Fsp3) is 0.292. The van der Waals surface area contributed by atoms with Crippen LogP contribution < -0.4 is 20.7 Å². The number of alkyl halides is 3. The number of carbonyl (C=O) groups excluding carboxylic acids is 2. The maximum absolute atomic E-state index is 13.4. The van der Waals surface area contributed by atoms with E-state index in [9.17, 15) is 27.2 Å². The number of halogens is 4. The molecule has 1 unspecified atom stereocenters. The Bertz CT molecular complexity index is 1290. The SMILES string of the molecule is CC(NC(=O)[C@]1(NC(=O)Oc2cncnc2)CCOC1)c1ccc(Nc2ccc(F)cc2C(F)(F)F)cn1. The molecular weight excluding hydrogens is 512 g/mol. The molecule has 2 atom stereocenters. The van der Waals surface area contributed by atoms with Crippen molar-refractivity contribution in [2.45, 2.75) is 31.1 Å². The van der Waals surface area contributed by atoms with Crippen LogP contribution in [-0.4, -0.2) is 45.7 Å². The van der Waals surface area contributed by atoms with Crippen molar-refractivity contribution < 1.29 is 36.6 Å². The van der Waals surface area contributed by atoms with Gasteiger partial charge in [0.25, 0.3) is 0 Å². The summed E-state index contributed by atoms with van der Waals surface area (Å²) in [6.45, 7) is 1.80. The smallest absolute Gasteiger partial charge is 0.407 e. The van der Waals surface area contributed by atoms with E-state index in [2.05, 4.69) is 30.9 Å². The lowest BCUT2D eigenvalue weighted by molar-refractivity contribution is -0.137. The number of ether oxygens (including phenoxy) is 2. The van der Waals surface area contributed by atoms with E-state index < -0.39 is 41.1 Å². The second kappa shape index (κ2) is 11.0. The first kappa shape index (κ1) is 26.7. The minimum atomic E-state index is -4.76. The molecule has 2 amide bonds. The van der Waals surface area contributed by atoms with E-state index in [4.69, 9.17) is 9.47 Å². The number of carbonyl (C=O) groups is 2. The fourth-order valence-corrected chi connectivity index (χ4v) is 3.73. The summed E-state index contributed by atoms with van der Waals surface area (Å²) >= 11 is 0. The third kappa shape index (κ3) is 6.32. The summed E-state index contributed by atoms with van der Waals surface area (Å²) in [5.74, 6) is -1.45. The maximum atomic E-state index is 13.4. The molecule has 0 aliphatic carbocycles. The van der Waals surface area contributed by atoms with Gasteiger partial charge in [0.2, 0.25) is 5.91 Å². The Kier molecular flexibility index (Phi) is 7.71. The van der Waals surface area contributed by atoms with E-state index in [0.717, 1.165) is 12.1 Å². The van der Waals surface area contributed by atoms with Gasteiger partial charge in [0.05, 0.1) is 53.9 Å². The van der Waals surface area contributed by atoms with Gasteiger partial charge in [-0.1, -0.05) is 0 Å². The molecule has 1 fully saturated rings. The zero-order valence-electron chi connectivity index (χ0n) is 19.9. The first-order valence-electron chi connectivity index (χ1n) is 11.3. The van der Waals surface area contributed by atoms with Crippen LogP contribution in [0.15, 0.2) is 55.2 Å². The zero-order chi connectivity index (χ0) is 27.3. The summed E-state index contributed by atoms with van der Waals surface area (Å²) in [4.78, 5) is 37.2. The number of rotatable bonds is 7. The van der Waals surface area contributed by atoms with Crippen LogP contribution in [-0.2, 0) is 15.7 Å². The van der Waals surface area contributed by atoms with Crippen molar-refractivity contribution in [2.75, 3.05) is 18.5 Å². The molecule has 3 N–H and O–H groups in total. The Balaban J connectivity index is 1.41. The molecule has 0 bridgehead atoms. The molecule has 4 rings (SSSR count). The second-order valence-electron chi connectivity index (χ2n) is 8.45. The van der Waals surface area contributed by atoms with Crippen LogP contribution in [0.2, 0.25) is 0 Å². The molecule has 3 aromatic rings. The monoisotopic (exact) mass is 534 g/mol. The summed E-state index contributed by atoms with van der Waals surface area (Å²) in [5, 5.41) is 7.90. The van der Waals surface area contributed by atoms with Crippen LogP contribution in [0.25, 0.3) is 0 Å². The van der Waals surface area contributed by atoms with Crippen molar-refractivity contribution in [2.24, 2.45) is 0 Å². The van der Waals surface area contributed by atoms with Crippen LogP contribution in [0.5, 0.6) is 5.75 Å². The molecule has 1 aromatic carbocycles. The highest BCUT2D eigenvalue weighted by atomic mass is 19.4. The predicted octanol–water partition coefficient (Wildman–Crippen LogP) is 3.90. The number of amides is 2. The number of nitrogens with zero attached hydrogens (tertiary/aromatic N) is 3. The largest absolute Gasteiger partial charge is 0.418 e. The van der Waals surface area contributed by atoms with Crippen molar-refractivity contribution in [3.8, 4) is 5.75 Å². The summed E-state index contributed by atoms with van der Waals surface area (Å²) in [5.41, 5.74) is -2.26. The van der Waals surface area contributed by atoms with Gasteiger partial charge in [0.15, 0.2) is 5.75 Å². The first-order valence-corrected chi connectivity index (χ1v) is 11.3. The van der Waals surface area contributed by atoms with Crippen LogP contribution >= 0.6 is 0 Å². The highest BCUT2D eigenvalue weighted by Gasteiger charge is 2.45. The number of hydrogen-bond donors (Lipinski definition) is 3. The summed E-state index contributed by atoms with van der Waals surface area (Å²) in [7, 11) is 0. The van der Waals surface area contributed by atoms with Crippen molar-refractivity contribution in [3.63, 3.8) is 0 Å². The highest BCUT2D eigenvalue weighted by Crippen LogP contribution is 2.36. The first-order chi connectivity index (χ1) is 18.1. The van der Waals surface area contributed by atoms with Gasteiger partial charge in [-0.15, -0.1) is 0 Å². The van der Waals surface area contributed by atoms with E-state index in [1.165, 1.54) is 37.1 Å². The average molecular weight is 534 g/mol. The number of hydrogen-bond acceptors (Lipinski definition) is 8. The molecular formula is C24H22F4N6O4. The second-order valence-corrected chi connectivity index (χ2v) is 8.45. The molecule has 1 aliphatic heterocycles. The van der Waals surface area contributed by atoms with Crippen molar-refractivity contribution in [1.82, 2.24) is 25.6 Å². The molecule has 14 heteroatoms. The summed E-state index contributed by atoms with van der Waals surface area (Å²) < 4.78 is 63.6. The summed E-state index contributed by atoms with van der Waals surface area (Å²) in [6, 6.07) is 4.66.